The van der Waals surface area contributed by atoms with Gasteiger partial charge in [-0.25, -0.2) is 4.79 Å². The van der Waals surface area contributed by atoms with Crippen LogP contribution >= 0.6 is 0 Å². The van der Waals surface area contributed by atoms with Gasteiger partial charge in [-0.15, -0.1) is 0 Å². The van der Waals surface area contributed by atoms with Gasteiger partial charge in [-0.05, 0) is 11.1 Å². The SMILES string of the molecule is CNc1cc(OC)nc(OC(C(=O)O)C(OC)(c2ccccc2)c2ccccc2)n1. The van der Waals surface area contributed by atoms with Gasteiger partial charge in [0.25, 0.3) is 0 Å². The van der Waals surface area contributed by atoms with E-state index in [-0.39, 0.29) is 11.9 Å². The quantitative estimate of drug-likeness (QED) is 0.556. The largest absolute Gasteiger partial charge is 0.481 e. The second-order valence-electron chi connectivity index (χ2n) is 6.34. The molecule has 2 aromatic carbocycles. The number of carboxylic acids is 1. The molecule has 0 aliphatic carbocycles. The molecule has 0 saturated heterocycles. The molecule has 0 amide bonds. The molecule has 2 N–H and O–H groups in total. The maximum absolute atomic E-state index is 12.5. The van der Waals surface area contributed by atoms with Crippen molar-refractivity contribution in [2.45, 2.75) is 11.7 Å². The number of nitrogens with one attached hydrogen (secondary N) is 1. The number of ether oxygens (including phenoxy) is 3. The van der Waals surface area contributed by atoms with Crippen molar-refractivity contribution in [3.05, 3.63) is 77.9 Å². The van der Waals surface area contributed by atoms with Crippen LogP contribution in [-0.4, -0.2) is 48.4 Å². The van der Waals surface area contributed by atoms with E-state index in [0.29, 0.717) is 16.9 Å². The fourth-order valence-electron chi connectivity index (χ4n) is 3.29. The van der Waals surface area contributed by atoms with Gasteiger partial charge in [0, 0.05) is 20.2 Å². The van der Waals surface area contributed by atoms with Gasteiger partial charge in [-0.2, -0.15) is 9.97 Å². The predicted molar refractivity (Wildman–Crippen MR) is 111 cm³/mol. The molecule has 8 nitrogen and oxygen atoms in total. The number of nitrogens with zero attached hydrogens (tertiary/aromatic N) is 2. The van der Waals surface area contributed by atoms with Crippen molar-refractivity contribution < 1.29 is 24.1 Å². The van der Waals surface area contributed by atoms with Crippen molar-refractivity contribution in [3.63, 3.8) is 0 Å². The van der Waals surface area contributed by atoms with E-state index in [9.17, 15) is 9.90 Å². The summed E-state index contributed by atoms with van der Waals surface area (Å²) in [6.45, 7) is 0. The van der Waals surface area contributed by atoms with Crippen LogP contribution in [0.5, 0.6) is 11.9 Å². The van der Waals surface area contributed by atoms with E-state index < -0.39 is 17.7 Å². The highest BCUT2D eigenvalue weighted by Gasteiger charge is 2.49. The second-order valence-corrected chi connectivity index (χ2v) is 6.34. The van der Waals surface area contributed by atoms with E-state index >= 15 is 0 Å². The molecule has 3 aromatic rings. The molecule has 3 rings (SSSR count). The van der Waals surface area contributed by atoms with E-state index in [4.69, 9.17) is 14.2 Å². The molecule has 0 radical (unpaired) electrons. The third-order valence-corrected chi connectivity index (χ3v) is 4.69. The summed E-state index contributed by atoms with van der Waals surface area (Å²) in [4.78, 5) is 20.8. The number of methoxy groups -OCH3 is 2. The summed E-state index contributed by atoms with van der Waals surface area (Å²) in [5, 5.41) is 13.0. The number of carbonyl (C=O) groups is 1. The molecule has 0 aliphatic rings. The van der Waals surface area contributed by atoms with Gasteiger partial charge in [0.2, 0.25) is 12.0 Å². The van der Waals surface area contributed by atoms with E-state index in [2.05, 4.69) is 15.3 Å². The lowest BCUT2D eigenvalue weighted by Gasteiger charge is -2.37. The number of hydrogen-bond donors (Lipinski definition) is 2. The molecular formula is C22H23N3O5. The second kappa shape index (κ2) is 9.23. The summed E-state index contributed by atoms with van der Waals surface area (Å²) in [6, 6.07) is 19.5. The number of carboxylic acid groups (broad SMARTS) is 1. The molecular weight excluding hydrogens is 386 g/mol. The minimum Gasteiger partial charge on any atom is -0.481 e. The highest BCUT2D eigenvalue weighted by Crippen LogP contribution is 2.38. The highest BCUT2D eigenvalue weighted by atomic mass is 16.6. The summed E-state index contributed by atoms with van der Waals surface area (Å²) < 4.78 is 16.9. The maximum atomic E-state index is 12.5. The van der Waals surface area contributed by atoms with Crippen molar-refractivity contribution in [3.8, 4) is 11.9 Å². The Bertz CT molecular complexity index is 921. The van der Waals surface area contributed by atoms with Crippen LogP contribution < -0.4 is 14.8 Å². The Balaban J connectivity index is 2.18. The molecule has 8 heteroatoms. The molecule has 156 valence electrons. The smallest absolute Gasteiger partial charge is 0.348 e. The Morgan fingerprint density at radius 3 is 2.00 bits per heavy atom. The fraction of sp³-hybridized carbons (Fsp3) is 0.227. The summed E-state index contributed by atoms with van der Waals surface area (Å²) in [7, 11) is 4.58. The molecule has 0 bridgehead atoms. The minimum absolute atomic E-state index is 0.153. The third-order valence-electron chi connectivity index (χ3n) is 4.69. The number of hydrogen-bond acceptors (Lipinski definition) is 7. The lowest BCUT2D eigenvalue weighted by Crippen LogP contribution is -2.50. The molecule has 0 aliphatic heterocycles. The van der Waals surface area contributed by atoms with Crippen LogP contribution in [0.15, 0.2) is 66.7 Å². The first-order chi connectivity index (χ1) is 14.5. The van der Waals surface area contributed by atoms with Crippen LogP contribution in [0.1, 0.15) is 11.1 Å². The van der Waals surface area contributed by atoms with E-state index in [1.54, 1.807) is 37.4 Å². The van der Waals surface area contributed by atoms with Gasteiger partial charge < -0.3 is 24.6 Å². The first-order valence-electron chi connectivity index (χ1n) is 9.21. The summed E-state index contributed by atoms with van der Waals surface area (Å²) in [5.74, 6) is -0.582. The van der Waals surface area contributed by atoms with Crippen molar-refractivity contribution >= 4 is 11.8 Å². The number of aromatic nitrogens is 2. The Hall–Kier alpha value is -3.65. The Morgan fingerprint density at radius 1 is 1.00 bits per heavy atom. The molecule has 1 unspecified atom stereocenters. The third kappa shape index (κ3) is 4.04. The molecule has 30 heavy (non-hydrogen) atoms. The Labute approximate surface area is 174 Å². The van der Waals surface area contributed by atoms with E-state index in [1.165, 1.54) is 14.2 Å². The molecule has 1 atom stereocenters. The Morgan fingerprint density at radius 2 is 1.57 bits per heavy atom. The monoisotopic (exact) mass is 409 g/mol. The zero-order valence-electron chi connectivity index (χ0n) is 16.9. The highest BCUT2D eigenvalue weighted by molar-refractivity contribution is 5.76. The first kappa shape index (κ1) is 21.1. The number of anilines is 1. The maximum Gasteiger partial charge on any atom is 0.348 e. The first-order valence-corrected chi connectivity index (χ1v) is 9.21. The van der Waals surface area contributed by atoms with Gasteiger partial charge in [-0.1, -0.05) is 60.7 Å². The standard InChI is InChI=1S/C22H23N3O5/c1-23-17-14-18(28-2)25-21(24-17)30-19(20(26)27)22(29-3,15-10-6-4-7-11-15)16-12-8-5-9-13-16/h4-14,19H,1-3H3,(H,26,27)(H,23,24,25). The zero-order valence-corrected chi connectivity index (χ0v) is 16.9. The van der Waals surface area contributed by atoms with Crippen LogP contribution in [0.3, 0.4) is 0 Å². The van der Waals surface area contributed by atoms with Crippen molar-refractivity contribution in [2.24, 2.45) is 0 Å². The van der Waals surface area contributed by atoms with Crippen LogP contribution in [0, 0.1) is 0 Å². The lowest BCUT2D eigenvalue weighted by molar-refractivity contribution is -0.160. The number of rotatable bonds is 9. The molecule has 0 spiro atoms. The van der Waals surface area contributed by atoms with Crippen molar-refractivity contribution in [1.82, 2.24) is 9.97 Å². The van der Waals surface area contributed by atoms with Crippen LogP contribution in [0.4, 0.5) is 5.82 Å². The van der Waals surface area contributed by atoms with Gasteiger partial charge in [0.05, 0.1) is 7.11 Å². The fourth-order valence-corrected chi connectivity index (χ4v) is 3.29. The topological polar surface area (TPSA) is 103 Å². The van der Waals surface area contributed by atoms with Crippen molar-refractivity contribution in [2.75, 3.05) is 26.6 Å². The van der Waals surface area contributed by atoms with E-state index in [1.807, 2.05) is 36.4 Å². The van der Waals surface area contributed by atoms with Gasteiger partial charge >= 0.3 is 12.0 Å². The number of aliphatic carboxylic acids is 1. The van der Waals surface area contributed by atoms with Gasteiger partial charge in [0.1, 0.15) is 5.82 Å². The van der Waals surface area contributed by atoms with Crippen LogP contribution in [0.2, 0.25) is 0 Å². The summed E-state index contributed by atoms with van der Waals surface area (Å²) in [6.07, 6.45) is -1.50. The predicted octanol–water partition coefficient (Wildman–Crippen LogP) is 2.95. The Kier molecular flexibility index (Phi) is 6.48. The lowest BCUT2D eigenvalue weighted by atomic mass is 9.81. The molecule has 0 fully saturated rings. The summed E-state index contributed by atoms with van der Waals surface area (Å²) >= 11 is 0. The normalized spacial score (nSPS) is 12.1. The van der Waals surface area contributed by atoms with E-state index in [0.717, 1.165) is 0 Å². The average molecular weight is 409 g/mol. The molecule has 1 aromatic heterocycles. The number of benzene rings is 2. The van der Waals surface area contributed by atoms with Crippen LogP contribution in [-0.2, 0) is 15.1 Å². The summed E-state index contributed by atoms with van der Waals surface area (Å²) in [5.41, 5.74) is -0.230. The van der Waals surface area contributed by atoms with Crippen molar-refractivity contribution in [1.29, 1.82) is 0 Å². The van der Waals surface area contributed by atoms with Crippen LogP contribution in [0.25, 0.3) is 0 Å². The average Bonchev–Trinajstić information content (AvgIpc) is 2.80. The minimum atomic E-state index is -1.50. The molecule has 1 heterocycles. The molecule has 0 saturated carbocycles. The van der Waals surface area contributed by atoms with Gasteiger partial charge in [0.15, 0.2) is 5.60 Å². The zero-order chi connectivity index (χ0) is 21.6. The van der Waals surface area contributed by atoms with Gasteiger partial charge in [-0.3, -0.25) is 0 Å².